The molecular formula is C10H13FO3S. The number of benzene rings is 1. The molecule has 0 amide bonds. The molecule has 0 bridgehead atoms. The van der Waals surface area contributed by atoms with E-state index < -0.39 is 18.0 Å². The van der Waals surface area contributed by atoms with E-state index in [1.807, 2.05) is 0 Å². The number of thiol groups is 1. The molecule has 1 aromatic rings. The van der Waals surface area contributed by atoms with E-state index in [0.717, 1.165) is 6.07 Å². The van der Waals surface area contributed by atoms with Crippen LogP contribution in [0.3, 0.4) is 0 Å². The van der Waals surface area contributed by atoms with Gasteiger partial charge in [-0.3, -0.25) is 0 Å². The van der Waals surface area contributed by atoms with Crippen LogP contribution < -0.4 is 0 Å². The summed E-state index contributed by atoms with van der Waals surface area (Å²) in [6.45, 7) is -0.239. The Labute approximate surface area is 92.6 Å². The summed E-state index contributed by atoms with van der Waals surface area (Å²) in [5, 5.41) is 27.7. The van der Waals surface area contributed by atoms with Crippen LogP contribution in [-0.2, 0) is 6.61 Å². The molecular weight excluding hydrogens is 219 g/mol. The summed E-state index contributed by atoms with van der Waals surface area (Å²) in [7, 11) is 0. The minimum atomic E-state index is -1.32. The average molecular weight is 232 g/mol. The normalized spacial score (nSPS) is 15.0. The van der Waals surface area contributed by atoms with Crippen molar-refractivity contribution in [1.29, 1.82) is 0 Å². The Balaban J connectivity index is 3.01. The first-order valence-electron chi connectivity index (χ1n) is 4.46. The highest BCUT2D eigenvalue weighted by molar-refractivity contribution is 7.80. The predicted molar refractivity (Wildman–Crippen MR) is 57.1 cm³/mol. The van der Waals surface area contributed by atoms with Gasteiger partial charge < -0.3 is 15.3 Å². The molecule has 0 heterocycles. The zero-order chi connectivity index (χ0) is 11.4. The van der Waals surface area contributed by atoms with Crippen LogP contribution in [-0.4, -0.2) is 27.2 Å². The third-order valence-electron chi connectivity index (χ3n) is 2.11. The van der Waals surface area contributed by atoms with E-state index in [1.165, 1.54) is 12.1 Å². The van der Waals surface area contributed by atoms with Crippen LogP contribution in [0.15, 0.2) is 18.2 Å². The van der Waals surface area contributed by atoms with E-state index in [2.05, 4.69) is 12.6 Å². The maximum absolute atomic E-state index is 13.3. The summed E-state index contributed by atoms with van der Waals surface area (Å²) in [6.07, 6.45) is -2.45. The fourth-order valence-corrected chi connectivity index (χ4v) is 1.43. The van der Waals surface area contributed by atoms with Crippen LogP contribution in [0.2, 0.25) is 0 Å². The Morgan fingerprint density at radius 3 is 2.53 bits per heavy atom. The Morgan fingerprint density at radius 2 is 2.00 bits per heavy atom. The van der Waals surface area contributed by atoms with Crippen molar-refractivity contribution in [2.45, 2.75) is 18.8 Å². The topological polar surface area (TPSA) is 60.7 Å². The van der Waals surface area contributed by atoms with Gasteiger partial charge in [-0.25, -0.2) is 4.39 Å². The molecule has 5 heteroatoms. The lowest BCUT2D eigenvalue weighted by atomic mass is 10.0. The Kier molecular flexibility index (Phi) is 4.53. The lowest BCUT2D eigenvalue weighted by Crippen LogP contribution is -2.21. The van der Waals surface area contributed by atoms with Gasteiger partial charge in [0.15, 0.2) is 0 Å². The standard InChI is InChI=1S/C10H13FO3S/c11-8-2-1-6(4-12)3-7(8)10(14)9(13)5-15/h1-3,9-10,12-15H,4-5H2. The Bertz CT molecular complexity index is 332. The van der Waals surface area contributed by atoms with E-state index >= 15 is 0 Å². The summed E-state index contributed by atoms with van der Waals surface area (Å²) in [4.78, 5) is 0. The minimum Gasteiger partial charge on any atom is -0.392 e. The van der Waals surface area contributed by atoms with Crippen molar-refractivity contribution in [2.24, 2.45) is 0 Å². The number of rotatable bonds is 4. The Hall–Kier alpha value is -0.620. The maximum atomic E-state index is 13.3. The van der Waals surface area contributed by atoms with Crippen molar-refractivity contribution in [3.8, 4) is 0 Å². The largest absolute Gasteiger partial charge is 0.392 e. The van der Waals surface area contributed by atoms with Gasteiger partial charge in [-0.15, -0.1) is 0 Å². The second kappa shape index (κ2) is 5.46. The lowest BCUT2D eigenvalue weighted by molar-refractivity contribution is 0.0314. The zero-order valence-electron chi connectivity index (χ0n) is 7.97. The summed E-state index contributed by atoms with van der Waals surface area (Å²) in [5.74, 6) is -0.579. The molecule has 0 saturated carbocycles. The molecule has 1 aromatic carbocycles. The molecule has 3 nitrogen and oxygen atoms in total. The smallest absolute Gasteiger partial charge is 0.129 e. The number of halogens is 1. The average Bonchev–Trinajstić information content (AvgIpc) is 2.27. The van der Waals surface area contributed by atoms with Gasteiger partial charge in [0.25, 0.3) is 0 Å². The van der Waals surface area contributed by atoms with Crippen LogP contribution in [0.25, 0.3) is 0 Å². The first kappa shape index (κ1) is 12.4. The molecule has 15 heavy (non-hydrogen) atoms. The molecule has 0 saturated heterocycles. The first-order valence-corrected chi connectivity index (χ1v) is 5.09. The monoisotopic (exact) mass is 232 g/mol. The van der Waals surface area contributed by atoms with E-state index in [1.54, 1.807) is 0 Å². The molecule has 2 unspecified atom stereocenters. The van der Waals surface area contributed by atoms with Gasteiger partial charge in [-0.05, 0) is 17.7 Å². The highest BCUT2D eigenvalue weighted by Gasteiger charge is 2.20. The van der Waals surface area contributed by atoms with E-state index in [-0.39, 0.29) is 17.9 Å². The summed E-state index contributed by atoms with van der Waals surface area (Å²) in [6, 6.07) is 3.89. The van der Waals surface area contributed by atoms with Crippen molar-refractivity contribution in [3.63, 3.8) is 0 Å². The minimum absolute atomic E-state index is 0.0249. The van der Waals surface area contributed by atoms with Crippen molar-refractivity contribution >= 4 is 12.6 Å². The fraction of sp³-hybridized carbons (Fsp3) is 0.400. The highest BCUT2D eigenvalue weighted by atomic mass is 32.1. The third kappa shape index (κ3) is 2.92. The van der Waals surface area contributed by atoms with Gasteiger partial charge in [0.2, 0.25) is 0 Å². The van der Waals surface area contributed by atoms with E-state index in [4.69, 9.17) is 5.11 Å². The predicted octanol–water partition coefficient (Wildman–Crippen LogP) is 0.642. The molecule has 2 atom stereocenters. The molecule has 0 aliphatic rings. The molecule has 0 spiro atoms. The zero-order valence-corrected chi connectivity index (χ0v) is 8.86. The lowest BCUT2D eigenvalue weighted by Gasteiger charge is -2.17. The van der Waals surface area contributed by atoms with Gasteiger partial charge in [-0.1, -0.05) is 6.07 Å². The Morgan fingerprint density at radius 1 is 1.33 bits per heavy atom. The van der Waals surface area contributed by atoms with Crippen molar-refractivity contribution in [3.05, 3.63) is 35.1 Å². The van der Waals surface area contributed by atoms with Gasteiger partial charge >= 0.3 is 0 Å². The second-order valence-corrected chi connectivity index (χ2v) is 3.57. The molecule has 0 aliphatic carbocycles. The van der Waals surface area contributed by atoms with Crippen LogP contribution in [0.1, 0.15) is 17.2 Å². The van der Waals surface area contributed by atoms with Gasteiger partial charge in [-0.2, -0.15) is 12.6 Å². The number of hydrogen-bond acceptors (Lipinski definition) is 4. The van der Waals surface area contributed by atoms with Crippen LogP contribution >= 0.6 is 12.6 Å². The first-order chi connectivity index (χ1) is 7.10. The van der Waals surface area contributed by atoms with E-state index in [9.17, 15) is 14.6 Å². The summed E-state index contributed by atoms with van der Waals surface area (Å²) in [5.41, 5.74) is 0.458. The van der Waals surface area contributed by atoms with Crippen LogP contribution in [0, 0.1) is 5.82 Å². The SMILES string of the molecule is OCc1ccc(F)c(C(O)C(O)CS)c1. The van der Waals surface area contributed by atoms with Crippen molar-refractivity contribution in [1.82, 2.24) is 0 Å². The number of aliphatic hydroxyl groups excluding tert-OH is 3. The third-order valence-corrected chi connectivity index (χ3v) is 2.49. The second-order valence-electron chi connectivity index (χ2n) is 3.21. The quantitative estimate of drug-likeness (QED) is 0.576. The molecule has 3 N–H and O–H groups in total. The molecule has 0 aromatic heterocycles. The summed E-state index contributed by atoms with van der Waals surface area (Å²) >= 11 is 3.81. The van der Waals surface area contributed by atoms with Crippen LogP contribution in [0.4, 0.5) is 4.39 Å². The number of aliphatic hydroxyl groups is 3. The van der Waals surface area contributed by atoms with Crippen LogP contribution in [0.5, 0.6) is 0 Å². The summed E-state index contributed by atoms with van der Waals surface area (Å²) < 4.78 is 13.3. The van der Waals surface area contributed by atoms with Gasteiger partial charge in [0.05, 0.1) is 12.7 Å². The fourth-order valence-electron chi connectivity index (χ4n) is 1.23. The molecule has 0 radical (unpaired) electrons. The van der Waals surface area contributed by atoms with E-state index in [0.29, 0.717) is 5.56 Å². The highest BCUT2D eigenvalue weighted by Crippen LogP contribution is 2.22. The number of hydrogen-bond donors (Lipinski definition) is 4. The van der Waals surface area contributed by atoms with Crippen molar-refractivity contribution < 1.29 is 19.7 Å². The molecule has 0 fully saturated rings. The molecule has 84 valence electrons. The van der Waals surface area contributed by atoms with Crippen molar-refractivity contribution in [2.75, 3.05) is 5.75 Å². The van der Waals surface area contributed by atoms with Gasteiger partial charge in [0.1, 0.15) is 11.9 Å². The maximum Gasteiger partial charge on any atom is 0.129 e. The molecule has 1 rings (SSSR count). The molecule has 0 aliphatic heterocycles. The van der Waals surface area contributed by atoms with Gasteiger partial charge in [0, 0.05) is 11.3 Å².